The van der Waals surface area contributed by atoms with Gasteiger partial charge in [-0.3, -0.25) is 9.59 Å². The molecule has 0 heterocycles. The van der Waals surface area contributed by atoms with Crippen molar-refractivity contribution in [2.45, 2.75) is 26.3 Å². The molecule has 0 saturated heterocycles. The molecule has 0 aromatic heterocycles. The van der Waals surface area contributed by atoms with Crippen LogP contribution >= 0.6 is 0 Å². The molecule has 2 N–H and O–H groups in total. The molecular weight excluding hydrogens is 297 g/mol. The van der Waals surface area contributed by atoms with Gasteiger partial charge in [-0.05, 0) is 49.3 Å². The standard InChI is InChI=1S/C18H20FNO3/c1-9-3-4-11(8-14(9)19)10(2)20-17(21)15-12-5-6-13(7-12)16(15)18(22)23/h3-6,8,10,12-13,15-16H,7H2,1-2H3,(H,20,21)(H,22,23). The highest BCUT2D eigenvalue weighted by Gasteiger charge is 2.51. The number of carboxylic acid groups (broad SMARTS) is 1. The molecule has 1 amide bonds. The molecule has 1 aromatic rings. The normalized spacial score (nSPS) is 29.5. The second-order valence-corrected chi connectivity index (χ2v) is 6.58. The molecule has 5 atom stereocenters. The quantitative estimate of drug-likeness (QED) is 0.839. The minimum atomic E-state index is -0.920. The lowest BCUT2D eigenvalue weighted by Crippen LogP contribution is -2.41. The zero-order valence-electron chi connectivity index (χ0n) is 13.1. The van der Waals surface area contributed by atoms with E-state index in [1.165, 1.54) is 6.07 Å². The molecule has 1 saturated carbocycles. The summed E-state index contributed by atoms with van der Waals surface area (Å²) < 4.78 is 13.7. The third-order valence-corrected chi connectivity index (χ3v) is 5.10. The fourth-order valence-corrected chi connectivity index (χ4v) is 3.79. The lowest BCUT2D eigenvalue weighted by Gasteiger charge is -2.26. The van der Waals surface area contributed by atoms with Gasteiger partial charge in [0.25, 0.3) is 0 Å². The summed E-state index contributed by atoms with van der Waals surface area (Å²) in [5.41, 5.74) is 1.23. The lowest BCUT2D eigenvalue weighted by molar-refractivity contribution is -0.148. The summed E-state index contributed by atoms with van der Waals surface area (Å²) in [6, 6.07) is 4.50. The number of nitrogens with one attached hydrogen (secondary N) is 1. The predicted molar refractivity (Wildman–Crippen MR) is 83.0 cm³/mol. The third kappa shape index (κ3) is 2.76. The minimum absolute atomic E-state index is 0.0111. The van der Waals surface area contributed by atoms with Crippen molar-refractivity contribution in [2.75, 3.05) is 0 Å². The predicted octanol–water partition coefficient (Wildman–Crippen LogP) is 2.83. The SMILES string of the molecule is Cc1ccc(C(C)NC(=O)C2C3C=CC(C3)C2C(=O)O)cc1F. The van der Waals surface area contributed by atoms with Gasteiger partial charge in [0.2, 0.25) is 5.91 Å². The van der Waals surface area contributed by atoms with E-state index >= 15 is 0 Å². The number of carbonyl (C=O) groups excluding carboxylic acids is 1. The van der Waals surface area contributed by atoms with Crippen molar-refractivity contribution in [2.24, 2.45) is 23.7 Å². The van der Waals surface area contributed by atoms with Crippen molar-refractivity contribution < 1.29 is 19.1 Å². The maximum atomic E-state index is 13.7. The van der Waals surface area contributed by atoms with Gasteiger partial charge in [-0.25, -0.2) is 4.39 Å². The van der Waals surface area contributed by atoms with E-state index in [0.29, 0.717) is 11.1 Å². The molecule has 0 spiro atoms. The highest BCUT2D eigenvalue weighted by molar-refractivity contribution is 5.87. The molecule has 23 heavy (non-hydrogen) atoms. The maximum Gasteiger partial charge on any atom is 0.307 e. The first kappa shape index (κ1) is 15.7. The zero-order chi connectivity index (χ0) is 16.7. The van der Waals surface area contributed by atoms with E-state index in [2.05, 4.69) is 5.32 Å². The molecule has 4 nitrogen and oxygen atoms in total. The summed E-state index contributed by atoms with van der Waals surface area (Å²) in [6.07, 6.45) is 4.58. The van der Waals surface area contributed by atoms with Crippen molar-refractivity contribution >= 4 is 11.9 Å². The van der Waals surface area contributed by atoms with Gasteiger partial charge < -0.3 is 10.4 Å². The molecular formula is C18H20FNO3. The number of hydrogen-bond donors (Lipinski definition) is 2. The summed E-state index contributed by atoms with van der Waals surface area (Å²) >= 11 is 0. The minimum Gasteiger partial charge on any atom is -0.481 e. The number of aliphatic carboxylic acids is 1. The van der Waals surface area contributed by atoms with E-state index in [4.69, 9.17) is 0 Å². The van der Waals surface area contributed by atoms with E-state index < -0.39 is 17.8 Å². The molecule has 2 aliphatic carbocycles. The van der Waals surface area contributed by atoms with Crippen molar-refractivity contribution in [3.8, 4) is 0 Å². The lowest BCUT2D eigenvalue weighted by atomic mass is 9.82. The summed E-state index contributed by atoms with van der Waals surface area (Å²) in [4.78, 5) is 24.1. The monoisotopic (exact) mass is 317 g/mol. The number of hydrogen-bond acceptors (Lipinski definition) is 2. The number of carboxylic acids is 1. The molecule has 1 fully saturated rings. The largest absolute Gasteiger partial charge is 0.481 e. The molecule has 1 aromatic carbocycles. The maximum absolute atomic E-state index is 13.7. The number of allylic oxidation sites excluding steroid dienone is 2. The van der Waals surface area contributed by atoms with Crippen LogP contribution in [0.5, 0.6) is 0 Å². The Bertz CT molecular complexity index is 685. The topological polar surface area (TPSA) is 66.4 Å². The van der Waals surface area contributed by atoms with Gasteiger partial charge in [-0.2, -0.15) is 0 Å². The first-order valence-corrected chi connectivity index (χ1v) is 7.86. The first-order valence-electron chi connectivity index (χ1n) is 7.86. The smallest absolute Gasteiger partial charge is 0.307 e. The van der Waals surface area contributed by atoms with Crippen LogP contribution in [0.4, 0.5) is 4.39 Å². The van der Waals surface area contributed by atoms with E-state index in [-0.39, 0.29) is 29.6 Å². The van der Waals surface area contributed by atoms with Crippen LogP contribution in [0.15, 0.2) is 30.4 Å². The Hall–Kier alpha value is -2.17. The number of amides is 1. The van der Waals surface area contributed by atoms with Crippen LogP contribution in [0.1, 0.15) is 30.5 Å². The van der Waals surface area contributed by atoms with Crippen molar-refractivity contribution in [3.05, 3.63) is 47.3 Å². The summed E-state index contributed by atoms with van der Waals surface area (Å²) in [7, 11) is 0. The average Bonchev–Trinajstić information content (AvgIpc) is 3.10. The van der Waals surface area contributed by atoms with Gasteiger partial charge >= 0.3 is 5.97 Å². The second kappa shape index (κ2) is 5.80. The third-order valence-electron chi connectivity index (χ3n) is 5.10. The van der Waals surface area contributed by atoms with Gasteiger partial charge in [-0.15, -0.1) is 0 Å². The van der Waals surface area contributed by atoms with Gasteiger partial charge in [-0.1, -0.05) is 24.3 Å². The zero-order valence-corrected chi connectivity index (χ0v) is 13.1. The van der Waals surface area contributed by atoms with Crippen LogP contribution in [-0.2, 0) is 9.59 Å². The highest BCUT2D eigenvalue weighted by atomic mass is 19.1. The fourth-order valence-electron chi connectivity index (χ4n) is 3.79. The highest BCUT2D eigenvalue weighted by Crippen LogP contribution is 2.48. The van der Waals surface area contributed by atoms with Crippen molar-refractivity contribution in [1.29, 1.82) is 0 Å². The number of rotatable bonds is 4. The average molecular weight is 317 g/mol. The molecule has 0 radical (unpaired) electrons. The Morgan fingerprint density at radius 2 is 1.91 bits per heavy atom. The molecule has 122 valence electrons. The Morgan fingerprint density at radius 1 is 1.26 bits per heavy atom. The molecule has 2 bridgehead atoms. The van der Waals surface area contributed by atoms with Crippen molar-refractivity contribution in [3.63, 3.8) is 0 Å². The Morgan fingerprint density at radius 3 is 2.52 bits per heavy atom. The van der Waals surface area contributed by atoms with Crippen LogP contribution in [0, 0.1) is 36.4 Å². The number of carbonyl (C=O) groups is 2. The van der Waals surface area contributed by atoms with E-state index in [9.17, 15) is 19.1 Å². The van der Waals surface area contributed by atoms with Gasteiger partial charge in [0.1, 0.15) is 5.82 Å². The van der Waals surface area contributed by atoms with Crippen molar-refractivity contribution in [1.82, 2.24) is 5.32 Å². The van der Waals surface area contributed by atoms with Gasteiger partial charge in [0.15, 0.2) is 0 Å². The Balaban J connectivity index is 1.74. The number of fused-ring (bicyclic) bond motifs is 2. The molecule has 0 aliphatic heterocycles. The Labute approximate surface area is 134 Å². The van der Waals surface area contributed by atoms with Crippen LogP contribution in [0.3, 0.4) is 0 Å². The van der Waals surface area contributed by atoms with Crippen LogP contribution in [0.2, 0.25) is 0 Å². The van der Waals surface area contributed by atoms with Gasteiger partial charge in [0.05, 0.1) is 17.9 Å². The molecule has 5 heteroatoms. The second-order valence-electron chi connectivity index (χ2n) is 6.58. The fraction of sp³-hybridized carbons (Fsp3) is 0.444. The summed E-state index contributed by atoms with van der Waals surface area (Å²) in [6.45, 7) is 3.46. The van der Waals surface area contributed by atoms with Crippen LogP contribution in [0.25, 0.3) is 0 Å². The summed E-state index contributed by atoms with van der Waals surface area (Å²) in [5, 5.41) is 12.3. The molecule has 3 rings (SSSR count). The van der Waals surface area contributed by atoms with E-state index in [1.54, 1.807) is 26.0 Å². The molecule has 5 unspecified atom stereocenters. The molecule has 2 aliphatic rings. The number of aryl methyl sites for hydroxylation is 1. The van der Waals surface area contributed by atoms with Crippen LogP contribution < -0.4 is 5.32 Å². The first-order chi connectivity index (χ1) is 10.9. The van der Waals surface area contributed by atoms with Crippen LogP contribution in [-0.4, -0.2) is 17.0 Å². The van der Waals surface area contributed by atoms with Gasteiger partial charge in [0, 0.05) is 0 Å². The Kier molecular flexibility index (Phi) is 3.96. The van der Waals surface area contributed by atoms with E-state index in [1.807, 2.05) is 12.2 Å². The summed E-state index contributed by atoms with van der Waals surface area (Å²) in [5.74, 6) is -2.76. The number of halogens is 1. The van der Waals surface area contributed by atoms with E-state index in [0.717, 1.165) is 6.42 Å². The number of benzene rings is 1.